The number of aromatic nitrogens is 2. The van der Waals surface area contributed by atoms with Crippen LogP contribution in [-0.2, 0) is 11.2 Å². The van der Waals surface area contributed by atoms with Crippen LogP contribution < -0.4 is 16.0 Å². The lowest BCUT2D eigenvalue weighted by molar-refractivity contribution is -0.117. The predicted molar refractivity (Wildman–Crippen MR) is 99.2 cm³/mol. The fourth-order valence-electron chi connectivity index (χ4n) is 1.95. The minimum Gasteiger partial charge on any atom is -0.376 e. The number of hydrogen-bond acceptors (Lipinski definition) is 4. The Morgan fingerprint density at radius 2 is 2.13 bits per heavy atom. The Hall–Kier alpha value is -1.47. The van der Waals surface area contributed by atoms with Gasteiger partial charge in [-0.25, -0.2) is 4.98 Å². The Kier molecular flexibility index (Phi) is 9.01. The summed E-state index contributed by atoms with van der Waals surface area (Å²) in [5.41, 5.74) is 8.23. The summed E-state index contributed by atoms with van der Waals surface area (Å²) >= 11 is 5.99. The number of anilines is 2. The molecule has 1 aromatic heterocycles. The fraction of sp³-hybridized carbons (Fsp3) is 0.286. The highest BCUT2D eigenvalue weighted by molar-refractivity contribution is 6.31. The molecule has 0 unspecified atom stereocenters. The minimum atomic E-state index is -0.667. The molecule has 1 amide bonds. The molecule has 4 N–H and O–H groups in total. The van der Waals surface area contributed by atoms with Crippen LogP contribution in [0.4, 0.5) is 11.4 Å². The van der Waals surface area contributed by atoms with E-state index in [0.29, 0.717) is 17.1 Å². The number of halogens is 3. The molecule has 0 radical (unpaired) electrons. The predicted octanol–water partition coefficient (Wildman–Crippen LogP) is 2.48. The molecule has 0 aliphatic rings. The quantitative estimate of drug-likeness (QED) is 0.743. The molecule has 0 spiro atoms. The Balaban J connectivity index is 0.00000242. The second kappa shape index (κ2) is 9.62. The number of hydrogen-bond donors (Lipinski definition) is 3. The van der Waals surface area contributed by atoms with E-state index in [4.69, 9.17) is 17.3 Å². The van der Waals surface area contributed by atoms with Crippen molar-refractivity contribution in [1.82, 2.24) is 9.97 Å². The van der Waals surface area contributed by atoms with Crippen LogP contribution in [0.2, 0.25) is 5.02 Å². The summed E-state index contributed by atoms with van der Waals surface area (Å²) in [6.45, 7) is 0. The number of carbonyl (C=O) groups excluding carboxylic acids is 1. The summed E-state index contributed by atoms with van der Waals surface area (Å²) < 4.78 is 0. The van der Waals surface area contributed by atoms with Crippen LogP contribution >= 0.6 is 36.4 Å². The van der Waals surface area contributed by atoms with Gasteiger partial charge in [0.1, 0.15) is 0 Å². The molecule has 0 aliphatic heterocycles. The molecule has 6 nitrogen and oxygen atoms in total. The van der Waals surface area contributed by atoms with E-state index >= 15 is 0 Å². The normalized spacial score (nSPS) is 11.0. The third kappa shape index (κ3) is 5.91. The maximum atomic E-state index is 12.2. The number of carbonyl (C=O) groups is 1. The van der Waals surface area contributed by atoms with Crippen LogP contribution in [0, 0.1) is 0 Å². The molecule has 0 saturated heterocycles. The van der Waals surface area contributed by atoms with Crippen LogP contribution in [0.5, 0.6) is 0 Å². The summed E-state index contributed by atoms with van der Waals surface area (Å²) in [5, 5.41) is 3.37. The van der Waals surface area contributed by atoms with Crippen LogP contribution in [0.3, 0.4) is 0 Å². The fourth-order valence-corrected chi connectivity index (χ4v) is 2.12. The van der Waals surface area contributed by atoms with Gasteiger partial charge >= 0.3 is 0 Å². The zero-order valence-corrected chi connectivity index (χ0v) is 15.1. The van der Waals surface area contributed by atoms with Gasteiger partial charge in [-0.2, -0.15) is 0 Å². The summed E-state index contributed by atoms with van der Waals surface area (Å²) in [7, 11) is 3.78. The monoisotopic (exact) mass is 379 g/mol. The molecular formula is C14H20Cl3N5O. The second-order valence-electron chi connectivity index (χ2n) is 4.93. The van der Waals surface area contributed by atoms with Crippen molar-refractivity contribution < 1.29 is 4.79 Å². The average Bonchev–Trinajstić information content (AvgIpc) is 2.91. The minimum absolute atomic E-state index is 0. The highest BCUT2D eigenvalue weighted by Crippen LogP contribution is 2.27. The van der Waals surface area contributed by atoms with Crippen molar-refractivity contribution in [2.45, 2.75) is 12.5 Å². The Labute approximate surface area is 152 Å². The highest BCUT2D eigenvalue weighted by atomic mass is 35.5. The number of nitrogens with one attached hydrogen (secondary N) is 2. The van der Waals surface area contributed by atoms with E-state index in [0.717, 1.165) is 11.4 Å². The molecule has 0 fully saturated rings. The van der Waals surface area contributed by atoms with E-state index in [1.165, 1.54) is 0 Å². The number of benzene rings is 1. The Morgan fingerprint density at radius 3 is 2.70 bits per heavy atom. The first-order chi connectivity index (χ1) is 9.97. The van der Waals surface area contributed by atoms with E-state index in [1.807, 2.05) is 25.1 Å². The van der Waals surface area contributed by atoms with Gasteiger partial charge in [-0.3, -0.25) is 4.79 Å². The SMILES string of the molecule is CN(C)c1ccc(Cl)cc1NC(=O)[C@@H](N)Cc1cnc[nH]1.Cl.Cl. The van der Waals surface area contributed by atoms with Crippen molar-refractivity contribution in [3.63, 3.8) is 0 Å². The average molecular weight is 381 g/mol. The number of aromatic amines is 1. The molecule has 2 rings (SSSR count). The number of nitrogens with zero attached hydrogens (tertiary/aromatic N) is 2. The topological polar surface area (TPSA) is 87.0 Å². The molecule has 2 aromatic rings. The molecule has 1 atom stereocenters. The van der Waals surface area contributed by atoms with Crippen molar-refractivity contribution in [1.29, 1.82) is 0 Å². The van der Waals surface area contributed by atoms with Crippen molar-refractivity contribution in [3.05, 3.63) is 41.4 Å². The maximum absolute atomic E-state index is 12.2. The van der Waals surface area contributed by atoms with Gasteiger partial charge in [0.05, 0.1) is 23.7 Å². The summed E-state index contributed by atoms with van der Waals surface area (Å²) in [5.74, 6) is -0.269. The third-order valence-electron chi connectivity index (χ3n) is 3.03. The van der Waals surface area contributed by atoms with Crippen LogP contribution in [-0.4, -0.2) is 36.0 Å². The van der Waals surface area contributed by atoms with Crippen molar-refractivity contribution in [2.75, 3.05) is 24.3 Å². The van der Waals surface area contributed by atoms with Gasteiger partial charge in [0.15, 0.2) is 0 Å². The molecule has 0 bridgehead atoms. The van der Waals surface area contributed by atoms with Gasteiger partial charge in [0.2, 0.25) is 5.91 Å². The Bertz CT molecular complexity index is 619. The van der Waals surface area contributed by atoms with E-state index in [9.17, 15) is 4.79 Å². The van der Waals surface area contributed by atoms with Crippen LogP contribution in [0.25, 0.3) is 0 Å². The standard InChI is InChI=1S/C14H18ClN5O.2ClH/c1-20(2)13-4-3-9(15)5-12(13)19-14(21)11(16)6-10-7-17-8-18-10;;/h3-5,7-8,11H,6,16H2,1-2H3,(H,17,18)(H,19,21);2*1H/t11-;;/m0../s1. The smallest absolute Gasteiger partial charge is 0.241 e. The molecule has 23 heavy (non-hydrogen) atoms. The van der Waals surface area contributed by atoms with Crippen LogP contribution in [0.15, 0.2) is 30.7 Å². The van der Waals surface area contributed by atoms with Gasteiger partial charge < -0.3 is 20.9 Å². The molecule has 128 valence electrons. The number of H-pyrrole nitrogens is 1. The van der Waals surface area contributed by atoms with Gasteiger partial charge in [-0.05, 0) is 18.2 Å². The second-order valence-corrected chi connectivity index (χ2v) is 5.37. The zero-order valence-electron chi connectivity index (χ0n) is 12.7. The van der Waals surface area contributed by atoms with E-state index in [-0.39, 0.29) is 30.7 Å². The molecule has 1 aromatic carbocycles. The first kappa shape index (κ1) is 21.5. The van der Waals surface area contributed by atoms with E-state index in [1.54, 1.807) is 24.7 Å². The first-order valence-electron chi connectivity index (χ1n) is 6.48. The number of amides is 1. The van der Waals surface area contributed by atoms with Gasteiger partial charge in [0.25, 0.3) is 0 Å². The van der Waals surface area contributed by atoms with Crippen LogP contribution in [0.1, 0.15) is 5.69 Å². The third-order valence-corrected chi connectivity index (χ3v) is 3.26. The lowest BCUT2D eigenvalue weighted by Crippen LogP contribution is -2.37. The van der Waals surface area contributed by atoms with Gasteiger partial charge in [-0.1, -0.05) is 11.6 Å². The largest absolute Gasteiger partial charge is 0.376 e. The van der Waals surface area contributed by atoms with Crippen molar-refractivity contribution >= 4 is 53.7 Å². The lowest BCUT2D eigenvalue weighted by atomic mass is 10.1. The first-order valence-corrected chi connectivity index (χ1v) is 6.85. The van der Waals surface area contributed by atoms with Gasteiger partial charge in [-0.15, -0.1) is 24.8 Å². The summed E-state index contributed by atoms with van der Waals surface area (Å²) in [4.78, 5) is 20.9. The lowest BCUT2D eigenvalue weighted by Gasteiger charge is -2.19. The number of nitrogens with two attached hydrogens (primary N) is 1. The number of imidazole rings is 1. The van der Waals surface area contributed by atoms with Crippen molar-refractivity contribution in [3.8, 4) is 0 Å². The number of rotatable bonds is 5. The van der Waals surface area contributed by atoms with Crippen molar-refractivity contribution in [2.24, 2.45) is 5.73 Å². The molecule has 1 heterocycles. The maximum Gasteiger partial charge on any atom is 0.241 e. The highest BCUT2D eigenvalue weighted by Gasteiger charge is 2.17. The molecule has 9 heteroatoms. The Morgan fingerprint density at radius 1 is 1.43 bits per heavy atom. The summed E-state index contributed by atoms with van der Waals surface area (Å²) in [6.07, 6.45) is 3.60. The summed E-state index contributed by atoms with van der Waals surface area (Å²) in [6, 6.07) is 4.66. The molecular weight excluding hydrogens is 361 g/mol. The molecule has 0 saturated carbocycles. The zero-order chi connectivity index (χ0) is 15.4. The van der Waals surface area contributed by atoms with Gasteiger partial charge in [0, 0.05) is 37.4 Å². The van der Waals surface area contributed by atoms with E-state index in [2.05, 4.69) is 15.3 Å². The molecule has 0 aliphatic carbocycles. The van der Waals surface area contributed by atoms with E-state index < -0.39 is 6.04 Å².